The molecule has 2 rings (SSSR count). The number of benzene rings is 2. The van der Waals surface area contributed by atoms with E-state index in [1.807, 2.05) is 30.3 Å². The summed E-state index contributed by atoms with van der Waals surface area (Å²) >= 11 is 3.98. The summed E-state index contributed by atoms with van der Waals surface area (Å²) in [6.45, 7) is 0. The highest BCUT2D eigenvalue weighted by Gasteiger charge is 2.34. The molecular weight excluding hydrogens is 326 g/mol. The number of thiol groups is 1. The average Bonchev–Trinajstić information content (AvgIpc) is 2.61. The molecule has 0 aliphatic rings. The van der Waals surface area contributed by atoms with Crippen molar-refractivity contribution in [2.75, 3.05) is 0 Å². The highest BCUT2D eigenvalue weighted by molar-refractivity contribution is 7.78. The molecule has 0 saturated heterocycles. The van der Waals surface area contributed by atoms with Gasteiger partial charge in [0.05, 0.1) is 0 Å². The minimum absolute atomic E-state index is 0.0688. The molecule has 1 amide bonds. The minimum Gasteiger partial charge on any atom is -0.479 e. The van der Waals surface area contributed by atoms with Crippen molar-refractivity contribution < 1.29 is 19.5 Å². The van der Waals surface area contributed by atoms with Crippen LogP contribution in [0.1, 0.15) is 22.3 Å². The normalized spacial score (nSPS) is 11.5. The predicted molar refractivity (Wildman–Crippen MR) is 92.8 cm³/mol. The maximum Gasteiger partial charge on any atom is 0.335 e. The lowest BCUT2D eigenvalue weighted by atomic mass is 10.0. The molecule has 1 unspecified atom stereocenters. The van der Waals surface area contributed by atoms with Crippen LogP contribution in [0.3, 0.4) is 0 Å². The fraction of sp³-hybridized carbons (Fsp3) is 0.167. The third-order valence-electron chi connectivity index (χ3n) is 3.51. The third-order valence-corrected chi connectivity index (χ3v) is 3.97. The number of aliphatic carboxylic acids is 1. The van der Waals surface area contributed by atoms with E-state index in [2.05, 4.69) is 12.8 Å². The van der Waals surface area contributed by atoms with E-state index in [0.29, 0.717) is 10.7 Å². The Morgan fingerprint density at radius 2 is 1.50 bits per heavy atom. The Kier molecular flexibility index (Phi) is 6.14. The van der Waals surface area contributed by atoms with Crippen LogP contribution in [0.2, 0.25) is 0 Å². The summed E-state index contributed by atoms with van der Waals surface area (Å²) in [6, 6.07) is 15.7. The van der Waals surface area contributed by atoms with Crippen LogP contribution in [0.25, 0.3) is 0 Å². The lowest BCUT2D eigenvalue weighted by Gasteiger charge is -2.22. The van der Waals surface area contributed by atoms with Crippen LogP contribution >= 0.6 is 12.8 Å². The van der Waals surface area contributed by atoms with Crippen molar-refractivity contribution in [2.24, 2.45) is 0 Å². The number of rotatable bonds is 7. The van der Waals surface area contributed by atoms with Gasteiger partial charge in [-0.25, -0.2) is 4.79 Å². The largest absolute Gasteiger partial charge is 0.479 e. The van der Waals surface area contributed by atoms with Gasteiger partial charge in [0.15, 0.2) is 5.78 Å². The molecule has 0 aliphatic carbocycles. The Morgan fingerprint density at radius 3 is 2.04 bits per heavy atom. The molecule has 2 aromatic rings. The number of aryl methyl sites for hydroxylation is 1. The average molecular weight is 343 g/mol. The number of carbonyl (C=O) groups excluding carboxylic acids is 2. The third kappa shape index (κ3) is 4.45. The van der Waals surface area contributed by atoms with Crippen LogP contribution in [-0.4, -0.2) is 33.1 Å². The smallest absolute Gasteiger partial charge is 0.335 e. The molecule has 124 valence electrons. The molecule has 24 heavy (non-hydrogen) atoms. The Bertz CT molecular complexity index is 718. The lowest BCUT2D eigenvalue weighted by Crippen LogP contribution is -2.45. The number of nitrogens with zero attached hydrogens (tertiary/aromatic N) is 1. The molecule has 0 heterocycles. The Morgan fingerprint density at radius 1 is 0.958 bits per heavy atom. The van der Waals surface area contributed by atoms with Crippen molar-refractivity contribution in [1.82, 2.24) is 4.31 Å². The zero-order valence-corrected chi connectivity index (χ0v) is 13.7. The van der Waals surface area contributed by atoms with Gasteiger partial charge in [-0.1, -0.05) is 73.5 Å². The number of amides is 1. The number of carboxylic acid groups (broad SMARTS) is 1. The lowest BCUT2D eigenvalue weighted by molar-refractivity contribution is -0.143. The first kappa shape index (κ1) is 17.7. The number of carbonyl (C=O) groups is 3. The molecule has 0 aliphatic heterocycles. The fourth-order valence-corrected chi connectivity index (χ4v) is 2.55. The number of hydrogen-bond acceptors (Lipinski definition) is 4. The number of ketones is 1. The van der Waals surface area contributed by atoms with Crippen LogP contribution in [0.4, 0.5) is 0 Å². The number of hydrogen-bond donors (Lipinski definition) is 2. The summed E-state index contributed by atoms with van der Waals surface area (Å²) in [5.74, 6) is -2.60. The van der Waals surface area contributed by atoms with Gasteiger partial charge in [0.2, 0.25) is 11.9 Å². The van der Waals surface area contributed by atoms with Crippen LogP contribution < -0.4 is 0 Å². The SMILES string of the molecule is O=C(O)C(C(=O)c1ccccc1)N(S)C(=O)CCc1ccccc1. The predicted octanol–water partition coefficient (Wildman–Crippen LogP) is 2.63. The zero-order chi connectivity index (χ0) is 17.5. The maximum absolute atomic E-state index is 12.4. The van der Waals surface area contributed by atoms with Crippen molar-refractivity contribution in [1.29, 1.82) is 0 Å². The Labute approximate surface area is 145 Å². The van der Waals surface area contributed by atoms with Gasteiger partial charge < -0.3 is 5.11 Å². The van der Waals surface area contributed by atoms with E-state index in [-0.39, 0.29) is 12.0 Å². The summed E-state index contributed by atoms with van der Waals surface area (Å²) < 4.78 is 0.709. The first-order valence-electron chi connectivity index (χ1n) is 7.37. The van der Waals surface area contributed by atoms with Crippen molar-refractivity contribution in [3.8, 4) is 0 Å². The van der Waals surface area contributed by atoms with Crippen molar-refractivity contribution in [2.45, 2.75) is 18.9 Å². The standard InChI is InChI=1S/C18H17NO4S/c20-15(12-11-13-7-3-1-4-8-13)19(24)16(18(22)23)17(21)14-9-5-2-6-10-14/h1-10,16,24H,11-12H2,(H,22,23). The zero-order valence-electron chi connectivity index (χ0n) is 12.8. The highest BCUT2D eigenvalue weighted by Crippen LogP contribution is 2.15. The van der Waals surface area contributed by atoms with Crippen molar-refractivity contribution in [3.05, 3.63) is 71.8 Å². The van der Waals surface area contributed by atoms with E-state index in [9.17, 15) is 19.5 Å². The summed E-state index contributed by atoms with van der Waals surface area (Å²) in [4.78, 5) is 36.1. The number of carboxylic acids is 1. The molecule has 2 aromatic carbocycles. The van der Waals surface area contributed by atoms with Gasteiger partial charge in [-0.3, -0.25) is 13.9 Å². The van der Waals surface area contributed by atoms with E-state index in [1.165, 1.54) is 12.1 Å². The Balaban J connectivity index is 2.08. The topological polar surface area (TPSA) is 74.7 Å². The van der Waals surface area contributed by atoms with Gasteiger partial charge in [-0.05, 0) is 12.0 Å². The minimum atomic E-state index is -1.65. The summed E-state index contributed by atoms with van der Waals surface area (Å²) in [7, 11) is 0. The molecule has 0 saturated carbocycles. The van der Waals surface area contributed by atoms with Crippen molar-refractivity contribution >= 4 is 30.5 Å². The van der Waals surface area contributed by atoms with Gasteiger partial charge in [-0.2, -0.15) is 0 Å². The summed E-state index contributed by atoms with van der Waals surface area (Å²) in [5.41, 5.74) is 1.17. The van der Waals surface area contributed by atoms with E-state index in [1.54, 1.807) is 18.2 Å². The second-order valence-electron chi connectivity index (χ2n) is 5.19. The Hall–Kier alpha value is -2.60. The maximum atomic E-state index is 12.4. The van der Waals surface area contributed by atoms with Crippen molar-refractivity contribution in [3.63, 3.8) is 0 Å². The fourth-order valence-electron chi connectivity index (χ4n) is 2.24. The first-order valence-corrected chi connectivity index (χ1v) is 7.77. The van der Waals surface area contributed by atoms with Gasteiger partial charge >= 0.3 is 5.97 Å². The quantitative estimate of drug-likeness (QED) is 0.460. The van der Waals surface area contributed by atoms with Crippen LogP contribution in [-0.2, 0) is 16.0 Å². The first-order chi connectivity index (χ1) is 11.5. The highest BCUT2D eigenvalue weighted by atomic mass is 32.1. The molecule has 0 bridgehead atoms. The van der Waals surface area contributed by atoms with Gasteiger partial charge in [-0.15, -0.1) is 0 Å². The van der Waals surface area contributed by atoms with Crippen LogP contribution in [0.15, 0.2) is 60.7 Å². The van der Waals surface area contributed by atoms with E-state index in [4.69, 9.17) is 0 Å². The monoisotopic (exact) mass is 343 g/mol. The van der Waals surface area contributed by atoms with E-state index in [0.717, 1.165) is 5.56 Å². The van der Waals surface area contributed by atoms with Crippen LogP contribution in [0.5, 0.6) is 0 Å². The summed E-state index contributed by atoms with van der Waals surface area (Å²) in [5, 5.41) is 9.35. The molecule has 5 nitrogen and oxygen atoms in total. The second kappa shape index (κ2) is 8.31. The van der Waals surface area contributed by atoms with E-state index >= 15 is 0 Å². The molecule has 0 spiro atoms. The van der Waals surface area contributed by atoms with Gasteiger partial charge in [0.25, 0.3) is 0 Å². The van der Waals surface area contributed by atoms with Gasteiger partial charge in [0, 0.05) is 12.0 Å². The number of Topliss-reactive ketones (excluding diaryl/α,β-unsaturated/α-hetero) is 1. The molecule has 0 fully saturated rings. The molecule has 1 atom stereocenters. The van der Waals surface area contributed by atoms with Gasteiger partial charge in [0.1, 0.15) is 0 Å². The molecule has 0 aromatic heterocycles. The van der Waals surface area contributed by atoms with Crippen LogP contribution in [0, 0.1) is 0 Å². The molecular formula is C18H17NO4S. The van der Waals surface area contributed by atoms with E-state index < -0.39 is 23.7 Å². The molecule has 0 radical (unpaired) electrons. The summed E-state index contributed by atoms with van der Waals surface area (Å²) in [6.07, 6.45) is 0.516. The molecule has 6 heteroatoms. The second-order valence-corrected chi connectivity index (χ2v) is 5.63. The molecule has 1 N–H and O–H groups in total.